The molecule has 1 rings (SSSR count). The lowest BCUT2D eigenvalue weighted by atomic mass is 9.85. The summed E-state index contributed by atoms with van der Waals surface area (Å²) in [5, 5.41) is 10.5. The number of aliphatic hydroxyl groups excluding tert-OH is 1. The molecule has 3 N–H and O–H groups in total. The Hall–Kier alpha value is -1.06. The molecule has 1 aromatic carbocycles. The molecule has 0 fully saturated rings. The van der Waals surface area contributed by atoms with E-state index in [-0.39, 0.29) is 5.92 Å². The van der Waals surface area contributed by atoms with Crippen molar-refractivity contribution < 1.29 is 9.84 Å². The van der Waals surface area contributed by atoms with Crippen molar-refractivity contribution in [2.24, 2.45) is 17.6 Å². The Kier molecular flexibility index (Phi) is 5.17. The molecule has 3 heteroatoms. The highest BCUT2D eigenvalue weighted by molar-refractivity contribution is 5.46. The van der Waals surface area contributed by atoms with Crippen LogP contribution in [0.1, 0.15) is 36.6 Å². The molecule has 0 aliphatic rings. The smallest absolute Gasteiger partial charge is 0.127 e. The highest BCUT2D eigenvalue weighted by Crippen LogP contribution is 2.36. The number of aliphatic hydroxyl groups is 1. The summed E-state index contributed by atoms with van der Waals surface area (Å²) < 4.78 is 5.45. The normalized spacial score (nSPS) is 14.7. The fourth-order valence-electron chi connectivity index (χ4n) is 2.31. The Labute approximate surface area is 110 Å². The van der Waals surface area contributed by atoms with E-state index >= 15 is 0 Å². The van der Waals surface area contributed by atoms with Gasteiger partial charge in [0.25, 0.3) is 0 Å². The van der Waals surface area contributed by atoms with Gasteiger partial charge >= 0.3 is 0 Å². The lowest BCUT2D eigenvalue weighted by molar-refractivity contribution is 0.0835. The van der Waals surface area contributed by atoms with E-state index < -0.39 is 6.10 Å². The second-order valence-corrected chi connectivity index (χ2v) is 5.22. The second-order valence-electron chi connectivity index (χ2n) is 5.22. The predicted octanol–water partition coefficient (Wildman–Crippen LogP) is 2.58. The van der Waals surface area contributed by atoms with Crippen molar-refractivity contribution in [2.75, 3.05) is 13.7 Å². The van der Waals surface area contributed by atoms with Gasteiger partial charge in [-0.1, -0.05) is 26.0 Å². The van der Waals surface area contributed by atoms with Crippen LogP contribution >= 0.6 is 0 Å². The van der Waals surface area contributed by atoms with Gasteiger partial charge in [0.05, 0.1) is 13.2 Å². The minimum atomic E-state index is -0.579. The molecule has 0 bridgehead atoms. The van der Waals surface area contributed by atoms with Crippen LogP contribution in [0.25, 0.3) is 0 Å². The Balaban J connectivity index is 3.20. The molecule has 0 saturated heterocycles. The van der Waals surface area contributed by atoms with Crippen LogP contribution in [0.5, 0.6) is 5.75 Å². The summed E-state index contributed by atoms with van der Waals surface area (Å²) in [5.41, 5.74) is 8.85. The fraction of sp³-hybridized carbons (Fsp3) is 0.600. The summed E-state index contributed by atoms with van der Waals surface area (Å²) in [6, 6.07) is 3.96. The van der Waals surface area contributed by atoms with Gasteiger partial charge in [-0.2, -0.15) is 0 Å². The van der Waals surface area contributed by atoms with Crippen LogP contribution < -0.4 is 10.5 Å². The van der Waals surface area contributed by atoms with Crippen molar-refractivity contribution in [2.45, 2.75) is 33.8 Å². The highest BCUT2D eigenvalue weighted by atomic mass is 16.5. The third-order valence-electron chi connectivity index (χ3n) is 3.76. The fourth-order valence-corrected chi connectivity index (χ4v) is 2.31. The van der Waals surface area contributed by atoms with Crippen LogP contribution in [-0.2, 0) is 0 Å². The zero-order valence-corrected chi connectivity index (χ0v) is 12.0. The van der Waals surface area contributed by atoms with E-state index in [1.807, 2.05) is 26.0 Å². The van der Waals surface area contributed by atoms with Crippen molar-refractivity contribution >= 4 is 0 Å². The van der Waals surface area contributed by atoms with E-state index in [2.05, 4.69) is 13.8 Å². The third-order valence-corrected chi connectivity index (χ3v) is 3.76. The molecule has 2 unspecified atom stereocenters. The van der Waals surface area contributed by atoms with E-state index in [1.165, 1.54) is 0 Å². The number of hydrogen-bond donors (Lipinski definition) is 2. The quantitative estimate of drug-likeness (QED) is 0.845. The van der Waals surface area contributed by atoms with Crippen LogP contribution in [0.15, 0.2) is 12.1 Å². The zero-order chi connectivity index (χ0) is 13.9. The van der Waals surface area contributed by atoms with Gasteiger partial charge in [-0.15, -0.1) is 0 Å². The molecule has 0 spiro atoms. The second kappa shape index (κ2) is 6.21. The topological polar surface area (TPSA) is 55.5 Å². The van der Waals surface area contributed by atoms with Gasteiger partial charge in [-0.05, 0) is 37.4 Å². The van der Waals surface area contributed by atoms with Gasteiger partial charge in [-0.3, -0.25) is 0 Å². The van der Waals surface area contributed by atoms with E-state index in [4.69, 9.17) is 10.5 Å². The van der Waals surface area contributed by atoms with E-state index in [9.17, 15) is 5.11 Å². The van der Waals surface area contributed by atoms with Gasteiger partial charge in [0.15, 0.2) is 0 Å². The summed E-state index contributed by atoms with van der Waals surface area (Å²) in [6.07, 6.45) is -0.579. The molecule has 0 radical (unpaired) electrons. The molecule has 0 saturated carbocycles. The number of rotatable bonds is 5. The summed E-state index contributed by atoms with van der Waals surface area (Å²) in [5.74, 6) is 1.15. The largest absolute Gasteiger partial charge is 0.496 e. The molecule has 0 heterocycles. The van der Waals surface area contributed by atoms with Gasteiger partial charge < -0.3 is 15.6 Å². The van der Waals surface area contributed by atoms with E-state index in [1.54, 1.807) is 7.11 Å². The van der Waals surface area contributed by atoms with Crippen LogP contribution in [-0.4, -0.2) is 18.8 Å². The summed E-state index contributed by atoms with van der Waals surface area (Å²) in [6.45, 7) is 8.67. The molecule has 0 aliphatic heterocycles. The summed E-state index contributed by atoms with van der Waals surface area (Å²) >= 11 is 0. The van der Waals surface area contributed by atoms with Gasteiger partial charge in [0.2, 0.25) is 0 Å². The lowest BCUT2D eigenvalue weighted by Crippen LogP contribution is -2.27. The first kappa shape index (κ1) is 15.0. The number of hydrogen-bond acceptors (Lipinski definition) is 3. The maximum absolute atomic E-state index is 10.5. The molecule has 1 aromatic rings. The monoisotopic (exact) mass is 251 g/mol. The molecular weight excluding hydrogens is 226 g/mol. The van der Waals surface area contributed by atoms with Crippen LogP contribution in [0.2, 0.25) is 0 Å². The molecule has 102 valence electrons. The van der Waals surface area contributed by atoms with Gasteiger partial charge in [0.1, 0.15) is 5.75 Å². The maximum Gasteiger partial charge on any atom is 0.127 e. The van der Waals surface area contributed by atoms with Crippen molar-refractivity contribution in [3.05, 3.63) is 28.8 Å². The average Bonchev–Trinajstić information content (AvgIpc) is 2.32. The third kappa shape index (κ3) is 2.85. The van der Waals surface area contributed by atoms with Crippen LogP contribution in [0, 0.1) is 25.7 Å². The van der Waals surface area contributed by atoms with Crippen LogP contribution in [0.4, 0.5) is 0 Å². The number of ether oxygens (including phenoxy) is 1. The van der Waals surface area contributed by atoms with Crippen molar-refractivity contribution in [3.8, 4) is 5.75 Å². The van der Waals surface area contributed by atoms with Crippen molar-refractivity contribution in [1.29, 1.82) is 0 Å². The van der Waals surface area contributed by atoms with Gasteiger partial charge in [-0.25, -0.2) is 0 Å². The SMILES string of the molecule is COc1c(C(O)C(CN)C(C)C)ccc(C)c1C. The number of benzene rings is 1. The first-order valence-corrected chi connectivity index (χ1v) is 6.46. The molecule has 3 nitrogen and oxygen atoms in total. The molecular formula is C15H25NO2. The standard InChI is InChI=1S/C15H25NO2/c1-9(2)13(8-16)14(17)12-7-6-10(3)11(4)15(12)18-5/h6-7,9,13-14,17H,8,16H2,1-5H3. The Bertz CT molecular complexity index is 402. The van der Waals surface area contributed by atoms with E-state index in [0.29, 0.717) is 12.5 Å². The predicted molar refractivity (Wildman–Crippen MR) is 74.8 cm³/mol. The molecule has 0 aromatic heterocycles. The van der Waals surface area contributed by atoms with Gasteiger partial charge in [0, 0.05) is 11.5 Å². The number of methoxy groups -OCH3 is 1. The van der Waals surface area contributed by atoms with E-state index in [0.717, 1.165) is 22.4 Å². The number of aryl methyl sites for hydroxylation is 1. The molecule has 2 atom stereocenters. The number of nitrogens with two attached hydrogens (primary N) is 1. The molecule has 18 heavy (non-hydrogen) atoms. The first-order chi connectivity index (χ1) is 8.43. The first-order valence-electron chi connectivity index (χ1n) is 6.46. The Morgan fingerprint density at radius 2 is 1.89 bits per heavy atom. The highest BCUT2D eigenvalue weighted by Gasteiger charge is 2.26. The minimum absolute atomic E-state index is 0.0426. The lowest BCUT2D eigenvalue weighted by Gasteiger charge is -2.27. The Morgan fingerprint density at radius 3 is 2.33 bits per heavy atom. The van der Waals surface area contributed by atoms with Crippen molar-refractivity contribution in [1.82, 2.24) is 0 Å². The maximum atomic E-state index is 10.5. The Morgan fingerprint density at radius 1 is 1.28 bits per heavy atom. The molecule has 0 amide bonds. The average molecular weight is 251 g/mol. The zero-order valence-electron chi connectivity index (χ0n) is 12.0. The minimum Gasteiger partial charge on any atom is -0.496 e. The molecule has 0 aliphatic carbocycles. The van der Waals surface area contributed by atoms with Crippen LogP contribution in [0.3, 0.4) is 0 Å². The summed E-state index contributed by atoms with van der Waals surface area (Å²) in [7, 11) is 1.64. The van der Waals surface area contributed by atoms with Crippen molar-refractivity contribution in [3.63, 3.8) is 0 Å². The summed E-state index contributed by atoms with van der Waals surface area (Å²) in [4.78, 5) is 0.